The van der Waals surface area contributed by atoms with Gasteiger partial charge in [0.2, 0.25) is 0 Å². The van der Waals surface area contributed by atoms with E-state index in [1.165, 1.54) is 64.2 Å². The van der Waals surface area contributed by atoms with Gasteiger partial charge >= 0.3 is 5.97 Å². The molecule has 3 rings (SSSR count). The molecule has 2 aliphatic carbocycles. The minimum Gasteiger partial charge on any atom is -0.426 e. The maximum atomic E-state index is 13.2. The van der Waals surface area contributed by atoms with Crippen LogP contribution in [0, 0.1) is 41.1 Å². The van der Waals surface area contributed by atoms with Crippen molar-refractivity contribution in [3.8, 4) is 5.75 Å². The van der Waals surface area contributed by atoms with E-state index in [1.807, 2.05) is 0 Å². The van der Waals surface area contributed by atoms with Gasteiger partial charge in [0.1, 0.15) is 5.75 Å². The molecule has 5 heteroatoms. The summed E-state index contributed by atoms with van der Waals surface area (Å²) in [6.07, 6.45) is 16.8. The molecule has 1 aromatic carbocycles. The Kier molecular flexibility index (Phi) is 9.28. The lowest BCUT2D eigenvalue weighted by Gasteiger charge is -2.38. The molecule has 0 unspecified atom stereocenters. The maximum absolute atomic E-state index is 13.2. The van der Waals surface area contributed by atoms with Crippen molar-refractivity contribution < 1.29 is 22.7 Å². The van der Waals surface area contributed by atoms with Gasteiger partial charge in [-0.25, -0.2) is 13.2 Å². The highest BCUT2D eigenvalue weighted by Crippen LogP contribution is 2.43. The number of benzene rings is 1. The number of halogens is 3. The van der Waals surface area contributed by atoms with Gasteiger partial charge in [-0.1, -0.05) is 58.3 Å². The Labute approximate surface area is 184 Å². The highest BCUT2D eigenvalue weighted by molar-refractivity contribution is 5.72. The molecule has 0 saturated heterocycles. The van der Waals surface area contributed by atoms with Crippen LogP contribution in [0.4, 0.5) is 13.2 Å². The molecule has 2 fully saturated rings. The number of ether oxygens (including phenoxy) is 1. The molecule has 0 aromatic heterocycles. The normalized spacial score (nSPS) is 26.6. The largest absolute Gasteiger partial charge is 0.426 e. The average molecular weight is 439 g/mol. The number of rotatable bonds is 9. The van der Waals surface area contributed by atoms with Crippen molar-refractivity contribution in [3.63, 3.8) is 0 Å². The SMILES string of the molecule is CCCCC[C@H]1CC[C@H](C2CCC(CCC(=O)Oc3cc(F)c(F)c(F)c3)CC2)CC1. The Morgan fingerprint density at radius 3 is 1.87 bits per heavy atom. The van der Waals surface area contributed by atoms with E-state index in [9.17, 15) is 18.0 Å². The van der Waals surface area contributed by atoms with Crippen LogP contribution in [0.15, 0.2) is 12.1 Å². The Morgan fingerprint density at radius 2 is 1.35 bits per heavy atom. The zero-order valence-corrected chi connectivity index (χ0v) is 18.8. The molecule has 1 aromatic rings. The minimum absolute atomic E-state index is 0.221. The monoisotopic (exact) mass is 438 g/mol. The highest BCUT2D eigenvalue weighted by Gasteiger charge is 2.31. The first kappa shape index (κ1) is 24.1. The van der Waals surface area contributed by atoms with Gasteiger partial charge in [-0.3, -0.25) is 4.79 Å². The van der Waals surface area contributed by atoms with E-state index in [2.05, 4.69) is 6.92 Å². The molecule has 31 heavy (non-hydrogen) atoms. The van der Waals surface area contributed by atoms with Crippen LogP contribution in [0.1, 0.15) is 96.8 Å². The van der Waals surface area contributed by atoms with E-state index in [0.717, 1.165) is 37.0 Å². The van der Waals surface area contributed by atoms with E-state index in [4.69, 9.17) is 4.74 Å². The van der Waals surface area contributed by atoms with Crippen LogP contribution in [0.5, 0.6) is 5.75 Å². The Morgan fingerprint density at radius 1 is 0.839 bits per heavy atom. The lowest BCUT2D eigenvalue weighted by molar-refractivity contribution is -0.134. The van der Waals surface area contributed by atoms with Crippen molar-refractivity contribution >= 4 is 5.97 Å². The summed E-state index contributed by atoms with van der Waals surface area (Å²) in [7, 11) is 0. The average Bonchev–Trinajstić information content (AvgIpc) is 2.77. The van der Waals surface area contributed by atoms with Gasteiger partial charge in [0.15, 0.2) is 17.5 Å². The van der Waals surface area contributed by atoms with Gasteiger partial charge in [0.05, 0.1) is 0 Å². The molecular formula is C26H37F3O2. The molecule has 2 nitrogen and oxygen atoms in total. The summed E-state index contributed by atoms with van der Waals surface area (Å²) in [5, 5.41) is 0. The van der Waals surface area contributed by atoms with Crippen LogP contribution in [-0.2, 0) is 4.79 Å². The number of esters is 1. The molecule has 0 heterocycles. The summed E-state index contributed by atoms with van der Waals surface area (Å²) in [5.41, 5.74) is 0. The number of carbonyl (C=O) groups is 1. The summed E-state index contributed by atoms with van der Waals surface area (Å²) in [6.45, 7) is 2.27. The molecule has 0 amide bonds. The molecule has 0 atom stereocenters. The number of unbranched alkanes of at least 4 members (excludes halogenated alkanes) is 2. The predicted octanol–water partition coefficient (Wildman–Crippen LogP) is 7.98. The summed E-state index contributed by atoms with van der Waals surface area (Å²) < 4.78 is 44.5. The standard InChI is InChI=1S/C26H37F3O2/c1-2-3-4-5-18-6-11-20(12-7-18)21-13-8-19(9-14-21)10-15-25(30)31-22-16-23(27)26(29)24(28)17-22/h16-21H,2-15H2,1H3/t18-,19?,20-,21?. The van der Waals surface area contributed by atoms with Crippen LogP contribution in [0.3, 0.4) is 0 Å². The van der Waals surface area contributed by atoms with Gasteiger partial charge in [0, 0.05) is 18.6 Å². The molecule has 0 N–H and O–H groups in total. The van der Waals surface area contributed by atoms with E-state index >= 15 is 0 Å². The molecule has 0 radical (unpaired) electrons. The predicted molar refractivity (Wildman–Crippen MR) is 116 cm³/mol. The zero-order chi connectivity index (χ0) is 22.2. The third kappa shape index (κ3) is 7.25. The molecule has 0 bridgehead atoms. The van der Waals surface area contributed by atoms with E-state index in [-0.39, 0.29) is 12.2 Å². The number of hydrogen-bond donors (Lipinski definition) is 0. The highest BCUT2D eigenvalue weighted by atomic mass is 19.2. The first-order chi connectivity index (χ1) is 15.0. The molecule has 2 aliphatic rings. The first-order valence-corrected chi connectivity index (χ1v) is 12.3. The van der Waals surface area contributed by atoms with Crippen molar-refractivity contribution in [1.82, 2.24) is 0 Å². The second kappa shape index (κ2) is 11.9. The smallest absolute Gasteiger partial charge is 0.311 e. The minimum atomic E-state index is -1.55. The first-order valence-electron chi connectivity index (χ1n) is 12.3. The fourth-order valence-electron chi connectivity index (χ4n) is 5.68. The third-order valence-corrected chi connectivity index (χ3v) is 7.61. The molecular weight excluding hydrogens is 401 g/mol. The van der Waals surface area contributed by atoms with Crippen LogP contribution in [0.25, 0.3) is 0 Å². The van der Waals surface area contributed by atoms with E-state index in [1.54, 1.807) is 0 Å². The quantitative estimate of drug-likeness (QED) is 0.169. The fourth-order valence-corrected chi connectivity index (χ4v) is 5.68. The number of hydrogen-bond acceptors (Lipinski definition) is 2. The second-order valence-corrected chi connectivity index (χ2v) is 9.77. The van der Waals surface area contributed by atoms with Crippen LogP contribution in [0.2, 0.25) is 0 Å². The molecule has 0 aliphatic heterocycles. The van der Waals surface area contributed by atoms with Crippen LogP contribution in [-0.4, -0.2) is 5.97 Å². The van der Waals surface area contributed by atoms with Crippen LogP contribution >= 0.6 is 0 Å². The summed E-state index contributed by atoms with van der Waals surface area (Å²) in [6, 6.07) is 1.42. The second-order valence-electron chi connectivity index (χ2n) is 9.77. The fraction of sp³-hybridized carbons (Fsp3) is 0.731. The van der Waals surface area contributed by atoms with E-state index in [0.29, 0.717) is 18.1 Å². The summed E-state index contributed by atoms with van der Waals surface area (Å²) in [4.78, 5) is 12.0. The van der Waals surface area contributed by atoms with Gasteiger partial charge in [-0.15, -0.1) is 0 Å². The van der Waals surface area contributed by atoms with Crippen LogP contribution < -0.4 is 4.74 Å². The van der Waals surface area contributed by atoms with Crippen molar-refractivity contribution in [3.05, 3.63) is 29.6 Å². The number of carbonyl (C=O) groups excluding carboxylic acids is 1. The van der Waals surface area contributed by atoms with Gasteiger partial charge in [0.25, 0.3) is 0 Å². The summed E-state index contributed by atoms with van der Waals surface area (Å²) in [5.74, 6) is -1.87. The zero-order valence-electron chi connectivity index (χ0n) is 18.8. The summed E-state index contributed by atoms with van der Waals surface area (Å²) >= 11 is 0. The third-order valence-electron chi connectivity index (χ3n) is 7.61. The molecule has 174 valence electrons. The van der Waals surface area contributed by atoms with Crippen molar-refractivity contribution in [2.24, 2.45) is 23.7 Å². The Bertz CT molecular complexity index is 682. The van der Waals surface area contributed by atoms with E-state index < -0.39 is 23.4 Å². The molecule has 0 spiro atoms. The Hall–Kier alpha value is -1.52. The van der Waals surface area contributed by atoms with Gasteiger partial charge in [-0.05, 0) is 55.8 Å². The van der Waals surface area contributed by atoms with Gasteiger partial charge < -0.3 is 4.74 Å². The Balaban J connectivity index is 1.33. The van der Waals surface area contributed by atoms with Crippen molar-refractivity contribution in [2.75, 3.05) is 0 Å². The van der Waals surface area contributed by atoms with Gasteiger partial charge in [-0.2, -0.15) is 0 Å². The maximum Gasteiger partial charge on any atom is 0.311 e. The van der Waals surface area contributed by atoms with Crippen molar-refractivity contribution in [1.29, 1.82) is 0 Å². The van der Waals surface area contributed by atoms with Crippen molar-refractivity contribution in [2.45, 2.75) is 96.8 Å². The lowest BCUT2D eigenvalue weighted by atomic mass is 9.68. The lowest BCUT2D eigenvalue weighted by Crippen LogP contribution is -2.26. The molecule has 2 saturated carbocycles. The topological polar surface area (TPSA) is 26.3 Å².